The number of nitrogens with one attached hydrogen (secondary N) is 1. The van der Waals surface area contributed by atoms with Crippen molar-refractivity contribution < 1.29 is 18.0 Å². The van der Waals surface area contributed by atoms with Gasteiger partial charge >= 0.3 is 0 Å². The monoisotopic (exact) mass is 645 g/mol. The van der Waals surface area contributed by atoms with Crippen LogP contribution < -0.4 is 9.62 Å². The highest BCUT2D eigenvalue weighted by Crippen LogP contribution is 2.26. The summed E-state index contributed by atoms with van der Waals surface area (Å²) in [5, 5.41) is 3.80. The first-order chi connectivity index (χ1) is 20.3. The van der Waals surface area contributed by atoms with Crippen molar-refractivity contribution in [2.24, 2.45) is 0 Å². The van der Waals surface area contributed by atoms with Crippen molar-refractivity contribution in [2.75, 3.05) is 17.1 Å². The number of anilines is 1. The summed E-state index contributed by atoms with van der Waals surface area (Å²) in [6.45, 7) is 8.06. The van der Waals surface area contributed by atoms with E-state index in [4.69, 9.17) is 23.2 Å². The molecule has 0 bridgehead atoms. The summed E-state index contributed by atoms with van der Waals surface area (Å²) in [4.78, 5) is 29.2. The van der Waals surface area contributed by atoms with E-state index in [1.807, 2.05) is 70.2 Å². The zero-order valence-electron chi connectivity index (χ0n) is 25.4. The number of rotatable bonds is 14. The van der Waals surface area contributed by atoms with Gasteiger partial charge in [-0.1, -0.05) is 72.6 Å². The SMILES string of the molecule is CC[C@@H](C)NC(=O)[C@H](Cc1ccccc1)N(Cc1ccc(Cl)c(Cl)c1)C(=O)CCCN(c1ccc(C)c(C)c1)S(C)(=O)=O. The highest BCUT2D eigenvalue weighted by Gasteiger charge is 2.31. The molecule has 0 heterocycles. The number of hydrogen-bond donors (Lipinski definition) is 1. The lowest BCUT2D eigenvalue weighted by Gasteiger charge is -2.33. The first-order valence-corrected chi connectivity index (χ1v) is 17.0. The number of benzene rings is 3. The van der Waals surface area contributed by atoms with Crippen LogP contribution in [0.3, 0.4) is 0 Å². The van der Waals surface area contributed by atoms with Crippen molar-refractivity contribution in [1.29, 1.82) is 0 Å². The predicted molar refractivity (Wildman–Crippen MR) is 176 cm³/mol. The standard InChI is InChI=1S/C33H41Cl2N3O4S/c1-6-25(4)36-33(40)31(21-26-11-8-7-9-12-26)37(22-27-15-17-29(34)30(35)20-27)32(39)13-10-18-38(43(5,41)42)28-16-14-23(2)24(3)19-28/h7-9,11-12,14-17,19-20,25,31H,6,10,13,18,21-22H2,1-5H3,(H,36,40)/t25-,31+/m1/s1. The van der Waals surface area contributed by atoms with Crippen molar-refractivity contribution in [3.05, 3.63) is 99.0 Å². The van der Waals surface area contributed by atoms with Gasteiger partial charge < -0.3 is 10.2 Å². The molecule has 0 radical (unpaired) electrons. The molecule has 3 aromatic carbocycles. The van der Waals surface area contributed by atoms with Crippen molar-refractivity contribution in [2.45, 2.75) is 72.0 Å². The third-order valence-electron chi connectivity index (χ3n) is 7.54. The molecule has 0 aromatic heterocycles. The molecular formula is C33H41Cl2N3O4S. The Morgan fingerprint density at radius 1 is 0.907 bits per heavy atom. The zero-order chi connectivity index (χ0) is 31.7. The normalized spacial score (nSPS) is 12.8. The van der Waals surface area contributed by atoms with Crippen LogP contribution in [0.25, 0.3) is 0 Å². The quantitative estimate of drug-likeness (QED) is 0.211. The van der Waals surface area contributed by atoms with E-state index in [0.717, 1.165) is 34.9 Å². The predicted octanol–water partition coefficient (Wildman–Crippen LogP) is 6.71. The Kier molecular flexibility index (Phi) is 12.5. The van der Waals surface area contributed by atoms with Gasteiger partial charge in [-0.25, -0.2) is 8.42 Å². The number of nitrogens with zero attached hydrogens (tertiary/aromatic N) is 2. The van der Waals surface area contributed by atoms with Gasteiger partial charge in [-0.05, 0) is 80.1 Å². The molecule has 2 atom stereocenters. The molecule has 0 aliphatic heterocycles. The Morgan fingerprint density at radius 2 is 1.60 bits per heavy atom. The number of carbonyl (C=O) groups is 2. The molecule has 1 N–H and O–H groups in total. The molecule has 0 fully saturated rings. The van der Waals surface area contributed by atoms with E-state index >= 15 is 0 Å². The van der Waals surface area contributed by atoms with E-state index in [-0.39, 0.29) is 43.8 Å². The second-order valence-electron chi connectivity index (χ2n) is 11.0. The Labute approximate surface area is 266 Å². The minimum Gasteiger partial charge on any atom is -0.352 e. The second-order valence-corrected chi connectivity index (χ2v) is 13.7. The van der Waals surface area contributed by atoms with Crippen LogP contribution in [0.4, 0.5) is 5.69 Å². The fourth-order valence-electron chi connectivity index (χ4n) is 4.71. The Bertz CT molecular complexity index is 1520. The van der Waals surface area contributed by atoms with E-state index in [1.54, 1.807) is 29.2 Å². The number of amides is 2. The van der Waals surface area contributed by atoms with Gasteiger partial charge in [-0.15, -0.1) is 0 Å². The van der Waals surface area contributed by atoms with E-state index in [1.165, 1.54) is 4.31 Å². The molecule has 0 aliphatic rings. The second kappa shape index (κ2) is 15.6. The molecule has 0 unspecified atom stereocenters. The number of hydrogen-bond acceptors (Lipinski definition) is 4. The molecule has 0 spiro atoms. The van der Waals surface area contributed by atoms with Gasteiger partial charge in [0.25, 0.3) is 0 Å². The summed E-state index contributed by atoms with van der Waals surface area (Å²) in [5.74, 6) is -0.514. The molecule has 2 amide bonds. The van der Waals surface area contributed by atoms with Crippen LogP contribution in [-0.4, -0.2) is 50.0 Å². The van der Waals surface area contributed by atoms with Crippen LogP contribution in [-0.2, 0) is 32.6 Å². The highest BCUT2D eigenvalue weighted by atomic mass is 35.5. The third kappa shape index (κ3) is 9.98. The first-order valence-electron chi connectivity index (χ1n) is 14.4. The summed E-state index contributed by atoms with van der Waals surface area (Å²) < 4.78 is 26.8. The van der Waals surface area contributed by atoms with Gasteiger partial charge in [0.05, 0.1) is 22.0 Å². The van der Waals surface area contributed by atoms with E-state index in [9.17, 15) is 18.0 Å². The van der Waals surface area contributed by atoms with Crippen LogP contribution in [0.1, 0.15) is 55.4 Å². The van der Waals surface area contributed by atoms with Gasteiger partial charge in [0.2, 0.25) is 21.8 Å². The smallest absolute Gasteiger partial charge is 0.243 e. The number of sulfonamides is 1. The summed E-state index contributed by atoms with van der Waals surface area (Å²) >= 11 is 12.4. The van der Waals surface area contributed by atoms with Crippen LogP contribution >= 0.6 is 23.2 Å². The van der Waals surface area contributed by atoms with Crippen LogP contribution in [0.5, 0.6) is 0 Å². The molecule has 232 valence electrons. The average molecular weight is 647 g/mol. The van der Waals surface area contributed by atoms with Crippen molar-refractivity contribution in [3.63, 3.8) is 0 Å². The number of aryl methyl sites for hydroxylation is 2. The van der Waals surface area contributed by atoms with Crippen LogP contribution in [0, 0.1) is 13.8 Å². The van der Waals surface area contributed by atoms with Gasteiger partial charge in [0, 0.05) is 32.0 Å². The Balaban J connectivity index is 1.92. The highest BCUT2D eigenvalue weighted by molar-refractivity contribution is 7.92. The maximum absolute atomic E-state index is 14.0. The average Bonchev–Trinajstić information content (AvgIpc) is 2.96. The van der Waals surface area contributed by atoms with Gasteiger partial charge in [0.1, 0.15) is 6.04 Å². The molecule has 0 saturated carbocycles. The molecule has 0 aliphatic carbocycles. The summed E-state index contributed by atoms with van der Waals surface area (Å²) in [7, 11) is -3.59. The van der Waals surface area contributed by atoms with Gasteiger partial charge in [-0.2, -0.15) is 0 Å². The number of carbonyl (C=O) groups excluding carboxylic acids is 2. The lowest BCUT2D eigenvalue weighted by atomic mass is 10.0. The number of halogens is 2. The molecule has 43 heavy (non-hydrogen) atoms. The van der Waals surface area contributed by atoms with Crippen molar-refractivity contribution in [3.8, 4) is 0 Å². The maximum atomic E-state index is 14.0. The third-order valence-corrected chi connectivity index (χ3v) is 9.47. The molecule has 3 aromatic rings. The lowest BCUT2D eigenvalue weighted by Crippen LogP contribution is -2.52. The molecule has 0 saturated heterocycles. The van der Waals surface area contributed by atoms with Gasteiger partial charge in [0.15, 0.2) is 0 Å². The van der Waals surface area contributed by atoms with E-state index < -0.39 is 16.1 Å². The minimum absolute atomic E-state index is 0.0418. The molecular weight excluding hydrogens is 605 g/mol. The first kappa shape index (κ1) is 34.4. The van der Waals surface area contributed by atoms with Crippen molar-refractivity contribution in [1.82, 2.24) is 10.2 Å². The summed E-state index contributed by atoms with van der Waals surface area (Å²) in [6, 6.07) is 19.3. The maximum Gasteiger partial charge on any atom is 0.243 e. The summed E-state index contributed by atoms with van der Waals surface area (Å²) in [5.41, 5.74) is 4.24. The lowest BCUT2D eigenvalue weighted by molar-refractivity contribution is -0.141. The Morgan fingerprint density at radius 3 is 2.21 bits per heavy atom. The molecule has 10 heteroatoms. The summed E-state index contributed by atoms with van der Waals surface area (Å²) in [6.07, 6.45) is 2.52. The topological polar surface area (TPSA) is 86.8 Å². The van der Waals surface area contributed by atoms with E-state index in [2.05, 4.69) is 5.32 Å². The largest absolute Gasteiger partial charge is 0.352 e. The fraction of sp³-hybridized carbons (Fsp3) is 0.394. The van der Waals surface area contributed by atoms with Crippen LogP contribution in [0.15, 0.2) is 66.7 Å². The zero-order valence-corrected chi connectivity index (χ0v) is 27.8. The van der Waals surface area contributed by atoms with Crippen LogP contribution in [0.2, 0.25) is 10.0 Å². The minimum atomic E-state index is -3.59. The van der Waals surface area contributed by atoms with Crippen molar-refractivity contribution >= 4 is 50.7 Å². The molecule has 7 nitrogen and oxygen atoms in total. The molecule has 3 rings (SSSR count). The van der Waals surface area contributed by atoms with Gasteiger partial charge in [-0.3, -0.25) is 13.9 Å². The fourth-order valence-corrected chi connectivity index (χ4v) is 5.99. The van der Waals surface area contributed by atoms with E-state index in [0.29, 0.717) is 22.2 Å². The Hall–Kier alpha value is -3.07.